The molecule has 0 saturated carbocycles. The second kappa shape index (κ2) is 2.98. The van der Waals surface area contributed by atoms with Crippen molar-refractivity contribution in [1.29, 1.82) is 0 Å². The van der Waals surface area contributed by atoms with Crippen molar-refractivity contribution in [3.63, 3.8) is 0 Å². The van der Waals surface area contributed by atoms with Crippen molar-refractivity contribution >= 4 is 5.97 Å². The number of hydrogen-bond donors (Lipinski definition) is 2. The Kier molecular flexibility index (Phi) is 2.24. The zero-order valence-electron chi connectivity index (χ0n) is 5.62. The zero-order valence-corrected chi connectivity index (χ0v) is 5.62. The third-order valence-electron chi connectivity index (χ3n) is 1.68. The molecule has 1 rings (SSSR count). The lowest BCUT2D eigenvalue weighted by molar-refractivity contribution is -0.138. The van der Waals surface area contributed by atoms with Crippen LogP contribution in [0.15, 0.2) is 0 Å². The van der Waals surface area contributed by atoms with Gasteiger partial charge >= 0.3 is 5.97 Å². The van der Waals surface area contributed by atoms with E-state index in [1.807, 2.05) is 0 Å². The molecule has 1 saturated heterocycles. The van der Waals surface area contributed by atoms with Gasteiger partial charge in [0.25, 0.3) is 0 Å². The molecule has 3 N–H and O–H groups in total. The van der Waals surface area contributed by atoms with E-state index in [-0.39, 0.29) is 18.4 Å². The average molecular weight is 145 g/mol. The normalized spacial score (nSPS) is 32.5. The molecule has 0 aromatic heterocycles. The highest BCUT2D eigenvalue weighted by molar-refractivity contribution is 5.67. The van der Waals surface area contributed by atoms with Crippen LogP contribution >= 0.6 is 0 Å². The maximum absolute atomic E-state index is 10.2. The molecule has 4 nitrogen and oxygen atoms in total. The van der Waals surface area contributed by atoms with E-state index in [0.29, 0.717) is 13.2 Å². The van der Waals surface area contributed by atoms with Crippen molar-refractivity contribution < 1.29 is 14.6 Å². The molecule has 0 spiro atoms. The molecule has 2 atom stereocenters. The summed E-state index contributed by atoms with van der Waals surface area (Å²) in [5, 5.41) is 8.38. The van der Waals surface area contributed by atoms with E-state index in [0.717, 1.165) is 0 Å². The van der Waals surface area contributed by atoms with Gasteiger partial charge < -0.3 is 15.6 Å². The zero-order chi connectivity index (χ0) is 7.56. The number of ether oxygens (including phenoxy) is 1. The lowest BCUT2D eigenvalue weighted by Crippen LogP contribution is -2.29. The summed E-state index contributed by atoms with van der Waals surface area (Å²) in [6.07, 6.45) is 0.126. The highest BCUT2D eigenvalue weighted by Crippen LogP contribution is 2.14. The smallest absolute Gasteiger partial charge is 0.303 e. The fraction of sp³-hybridized carbons (Fsp3) is 0.833. The number of nitrogens with two attached hydrogens (primary N) is 1. The van der Waals surface area contributed by atoms with Crippen molar-refractivity contribution in [1.82, 2.24) is 0 Å². The number of carbonyl (C=O) groups is 1. The van der Waals surface area contributed by atoms with E-state index in [4.69, 9.17) is 15.6 Å². The Morgan fingerprint density at radius 3 is 2.80 bits per heavy atom. The van der Waals surface area contributed by atoms with Gasteiger partial charge in [0.05, 0.1) is 19.6 Å². The molecule has 0 unspecified atom stereocenters. The minimum absolute atomic E-state index is 0.0116. The summed E-state index contributed by atoms with van der Waals surface area (Å²) < 4.78 is 4.98. The minimum atomic E-state index is -0.800. The quantitative estimate of drug-likeness (QED) is 0.546. The molecule has 1 aliphatic rings. The standard InChI is InChI=1S/C6H11NO3/c7-5-3-10-2-4(5)1-6(8)9/h4-5H,1-3,7H2,(H,8,9)/t4-,5-/m0/s1. The number of carboxylic acids is 1. The van der Waals surface area contributed by atoms with Crippen LogP contribution in [0.4, 0.5) is 0 Å². The summed E-state index contributed by atoms with van der Waals surface area (Å²) in [7, 11) is 0. The Labute approximate surface area is 59.0 Å². The van der Waals surface area contributed by atoms with Gasteiger partial charge in [-0.25, -0.2) is 0 Å². The Hall–Kier alpha value is -0.610. The van der Waals surface area contributed by atoms with Gasteiger partial charge in [-0.15, -0.1) is 0 Å². The maximum atomic E-state index is 10.2. The highest BCUT2D eigenvalue weighted by Gasteiger charge is 2.26. The van der Waals surface area contributed by atoms with Crippen molar-refractivity contribution in [2.75, 3.05) is 13.2 Å². The number of hydrogen-bond acceptors (Lipinski definition) is 3. The van der Waals surface area contributed by atoms with Crippen molar-refractivity contribution in [3.05, 3.63) is 0 Å². The summed E-state index contributed by atoms with van der Waals surface area (Å²) in [5.74, 6) is -0.788. The number of rotatable bonds is 2. The van der Waals surface area contributed by atoms with E-state index < -0.39 is 5.97 Å². The molecule has 0 amide bonds. The molecule has 0 bridgehead atoms. The van der Waals surface area contributed by atoms with E-state index in [1.54, 1.807) is 0 Å². The topological polar surface area (TPSA) is 72.5 Å². The minimum Gasteiger partial charge on any atom is -0.481 e. The predicted octanol–water partition coefficient (Wildman–Crippen LogP) is -0.565. The van der Waals surface area contributed by atoms with Gasteiger partial charge in [-0.2, -0.15) is 0 Å². The van der Waals surface area contributed by atoms with Crippen LogP contribution in [-0.4, -0.2) is 30.3 Å². The second-order valence-corrected chi connectivity index (χ2v) is 2.56. The van der Waals surface area contributed by atoms with Gasteiger partial charge in [0, 0.05) is 12.0 Å². The van der Waals surface area contributed by atoms with Crippen LogP contribution in [0.3, 0.4) is 0 Å². The van der Waals surface area contributed by atoms with Crippen LogP contribution in [0, 0.1) is 5.92 Å². The summed E-state index contributed by atoms with van der Waals surface area (Å²) in [6.45, 7) is 0.991. The third kappa shape index (κ3) is 1.68. The molecule has 0 radical (unpaired) electrons. The Bertz CT molecular complexity index is 137. The molecule has 1 aliphatic heterocycles. The first-order valence-corrected chi connectivity index (χ1v) is 3.25. The van der Waals surface area contributed by atoms with E-state index >= 15 is 0 Å². The van der Waals surface area contributed by atoms with Crippen LogP contribution in [0.2, 0.25) is 0 Å². The van der Waals surface area contributed by atoms with Crippen molar-refractivity contribution in [2.45, 2.75) is 12.5 Å². The van der Waals surface area contributed by atoms with Crippen molar-refractivity contribution in [2.24, 2.45) is 11.7 Å². The molecule has 0 aromatic rings. The van der Waals surface area contributed by atoms with Crippen LogP contribution in [0.25, 0.3) is 0 Å². The Balaban J connectivity index is 2.33. The fourth-order valence-corrected chi connectivity index (χ4v) is 1.05. The van der Waals surface area contributed by atoms with Gasteiger partial charge in [-0.1, -0.05) is 0 Å². The third-order valence-corrected chi connectivity index (χ3v) is 1.68. The maximum Gasteiger partial charge on any atom is 0.303 e. The van der Waals surface area contributed by atoms with Crippen LogP contribution in [0.1, 0.15) is 6.42 Å². The molecule has 10 heavy (non-hydrogen) atoms. The van der Waals surface area contributed by atoms with E-state index in [9.17, 15) is 4.79 Å². The van der Waals surface area contributed by atoms with Gasteiger partial charge in [0.15, 0.2) is 0 Å². The lowest BCUT2D eigenvalue weighted by atomic mass is 10.0. The molecule has 0 aromatic carbocycles. The molecule has 58 valence electrons. The van der Waals surface area contributed by atoms with Crippen molar-refractivity contribution in [3.8, 4) is 0 Å². The first-order chi connectivity index (χ1) is 4.70. The van der Waals surface area contributed by atoms with Crippen LogP contribution in [-0.2, 0) is 9.53 Å². The monoisotopic (exact) mass is 145 g/mol. The predicted molar refractivity (Wildman–Crippen MR) is 34.5 cm³/mol. The van der Waals surface area contributed by atoms with Gasteiger partial charge in [-0.3, -0.25) is 4.79 Å². The van der Waals surface area contributed by atoms with Crippen LogP contribution < -0.4 is 5.73 Å². The largest absolute Gasteiger partial charge is 0.481 e. The first kappa shape index (κ1) is 7.50. The number of aliphatic carboxylic acids is 1. The first-order valence-electron chi connectivity index (χ1n) is 3.25. The lowest BCUT2D eigenvalue weighted by Gasteiger charge is -2.08. The summed E-state index contributed by atoms with van der Waals surface area (Å²) in [4.78, 5) is 10.2. The number of carboxylic acid groups (broad SMARTS) is 1. The molecule has 1 fully saturated rings. The van der Waals surface area contributed by atoms with Gasteiger partial charge in [0.2, 0.25) is 0 Å². The summed E-state index contributed by atoms with van der Waals surface area (Å²) in [5.41, 5.74) is 5.54. The SMILES string of the molecule is N[C@H]1COC[C@@H]1CC(=O)O. The fourth-order valence-electron chi connectivity index (χ4n) is 1.05. The molecule has 0 aliphatic carbocycles. The Morgan fingerprint density at radius 1 is 1.70 bits per heavy atom. The molecular weight excluding hydrogens is 134 g/mol. The average Bonchev–Trinajstić information content (AvgIpc) is 2.15. The second-order valence-electron chi connectivity index (χ2n) is 2.56. The van der Waals surface area contributed by atoms with Gasteiger partial charge in [0.1, 0.15) is 0 Å². The molecular formula is C6H11NO3. The summed E-state index contributed by atoms with van der Waals surface area (Å²) >= 11 is 0. The molecule has 1 heterocycles. The highest BCUT2D eigenvalue weighted by atomic mass is 16.5. The molecule has 4 heteroatoms. The summed E-state index contributed by atoms with van der Waals surface area (Å²) in [6, 6.07) is -0.0869. The Morgan fingerprint density at radius 2 is 2.40 bits per heavy atom. The van der Waals surface area contributed by atoms with Gasteiger partial charge in [-0.05, 0) is 0 Å². The van der Waals surface area contributed by atoms with E-state index in [2.05, 4.69) is 0 Å². The van der Waals surface area contributed by atoms with E-state index in [1.165, 1.54) is 0 Å². The van der Waals surface area contributed by atoms with Crippen LogP contribution in [0.5, 0.6) is 0 Å².